The molecule has 0 radical (unpaired) electrons. The van der Waals surface area contributed by atoms with Crippen LogP contribution in [0.15, 0.2) is 12.3 Å². The van der Waals surface area contributed by atoms with Gasteiger partial charge in [-0.15, -0.1) is 0 Å². The molecule has 0 amide bonds. The molecule has 0 bridgehead atoms. The average Bonchev–Trinajstić information content (AvgIpc) is 2.93. The first-order chi connectivity index (χ1) is 6.66. The topological polar surface area (TPSA) is 38.9 Å². The van der Waals surface area contributed by atoms with E-state index >= 15 is 0 Å². The van der Waals surface area contributed by atoms with Crippen LogP contribution in [-0.4, -0.2) is 4.98 Å². The molecule has 0 unspecified atom stereocenters. The van der Waals surface area contributed by atoms with Crippen LogP contribution in [-0.2, 0) is 0 Å². The Bertz CT molecular complexity index is 337. The number of halogens is 2. The van der Waals surface area contributed by atoms with Gasteiger partial charge >= 0.3 is 0 Å². The molecule has 2 N–H and O–H groups in total. The maximum absolute atomic E-state index is 12.8. The summed E-state index contributed by atoms with van der Waals surface area (Å²) < 4.78 is 25.3. The van der Waals surface area contributed by atoms with Crippen molar-refractivity contribution < 1.29 is 8.78 Å². The Hall–Kier alpha value is -1.03. The highest BCUT2D eigenvalue weighted by Gasteiger charge is 2.24. The minimum Gasteiger partial charge on any atom is -0.324 e. The zero-order valence-electron chi connectivity index (χ0n) is 7.71. The van der Waals surface area contributed by atoms with Crippen molar-refractivity contribution in [3.05, 3.63) is 29.6 Å². The molecule has 1 aromatic heterocycles. The number of hydrogen-bond acceptors (Lipinski definition) is 2. The lowest BCUT2D eigenvalue weighted by Gasteiger charge is -2.10. The van der Waals surface area contributed by atoms with Crippen LogP contribution in [0.25, 0.3) is 0 Å². The molecule has 0 aromatic carbocycles. The summed E-state index contributed by atoms with van der Waals surface area (Å²) in [4.78, 5) is 3.31. The van der Waals surface area contributed by atoms with Gasteiger partial charge in [0.05, 0.1) is 0 Å². The second kappa shape index (κ2) is 3.61. The number of hydrogen-bond donors (Lipinski definition) is 1. The minimum atomic E-state index is -1.06. The number of nitrogens with zero attached hydrogens (tertiary/aromatic N) is 1. The molecule has 0 aliphatic heterocycles. The molecule has 0 saturated heterocycles. The van der Waals surface area contributed by atoms with Crippen molar-refractivity contribution in [2.75, 3.05) is 0 Å². The highest BCUT2D eigenvalue weighted by atomic mass is 19.2. The van der Waals surface area contributed by atoms with Gasteiger partial charge in [-0.1, -0.05) is 12.8 Å². The van der Waals surface area contributed by atoms with Crippen LogP contribution in [0.3, 0.4) is 0 Å². The fourth-order valence-electron chi connectivity index (χ4n) is 1.49. The molecule has 1 heterocycles. The standard InChI is InChI=1S/C10H12F2N2/c11-8-4-7(5-14-10(8)12)9(13)3-6-1-2-6/h4-6,9H,1-3,13H2/t9-/m0/s1. The molecule has 2 nitrogen and oxygen atoms in total. The lowest BCUT2D eigenvalue weighted by Crippen LogP contribution is -2.12. The average molecular weight is 198 g/mol. The zero-order valence-corrected chi connectivity index (χ0v) is 7.71. The van der Waals surface area contributed by atoms with Crippen molar-refractivity contribution in [3.8, 4) is 0 Å². The molecule has 1 fully saturated rings. The third kappa shape index (κ3) is 2.07. The predicted octanol–water partition coefficient (Wildman–Crippen LogP) is 2.16. The van der Waals surface area contributed by atoms with Gasteiger partial charge in [-0.05, 0) is 24.0 Å². The Kier molecular flexibility index (Phi) is 2.46. The number of pyridine rings is 1. The summed E-state index contributed by atoms with van der Waals surface area (Å²) in [6.45, 7) is 0. The third-order valence-corrected chi connectivity index (χ3v) is 2.53. The van der Waals surface area contributed by atoms with E-state index in [1.165, 1.54) is 19.0 Å². The Morgan fingerprint density at radius 1 is 1.50 bits per heavy atom. The third-order valence-electron chi connectivity index (χ3n) is 2.53. The Labute approximate surface area is 81.1 Å². The van der Waals surface area contributed by atoms with Crippen molar-refractivity contribution in [2.45, 2.75) is 25.3 Å². The van der Waals surface area contributed by atoms with E-state index in [4.69, 9.17) is 5.73 Å². The smallest absolute Gasteiger partial charge is 0.248 e. The largest absolute Gasteiger partial charge is 0.324 e. The molecule has 1 aliphatic rings. The van der Waals surface area contributed by atoms with E-state index in [-0.39, 0.29) is 6.04 Å². The van der Waals surface area contributed by atoms with E-state index in [2.05, 4.69) is 4.98 Å². The van der Waals surface area contributed by atoms with Crippen LogP contribution in [0.5, 0.6) is 0 Å². The van der Waals surface area contributed by atoms with Crippen molar-refractivity contribution in [3.63, 3.8) is 0 Å². The van der Waals surface area contributed by atoms with Crippen LogP contribution in [0.1, 0.15) is 30.9 Å². The van der Waals surface area contributed by atoms with Crippen LogP contribution in [0.4, 0.5) is 8.78 Å². The molecule has 1 aromatic rings. The maximum atomic E-state index is 12.8. The summed E-state index contributed by atoms with van der Waals surface area (Å²) in [7, 11) is 0. The van der Waals surface area contributed by atoms with E-state index < -0.39 is 11.8 Å². The van der Waals surface area contributed by atoms with Crippen LogP contribution in [0.2, 0.25) is 0 Å². The minimum absolute atomic E-state index is 0.218. The van der Waals surface area contributed by atoms with E-state index in [0.717, 1.165) is 12.5 Å². The summed E-state index contributed by atoms with van der Waals surface area (Å²) >= 11 is 0. The Morgan fingerprint density at radius 2 is 2.21 bits per heavy atom. The first-order valence-corrected chi connectivity index (χ1v) is 4.73. The van der Waals surface area contributed by atoms with E-state index in [1.54, 1.807) is 0 Å². The van der Waals surface area contributed by atoms with E-state index in [1.807, 2.05) is 0 Å². The van der Waals surface area contributed by atoms with Crippen LogP contribution in [0, 0.1) is 17.7 Å². The van der Waals surface area contributed by atoms with Crippen molar-refractivity contribution in [1.29, 1.82) is 0 Å². The predicted molar refractivity (Wildman–Crippen MR) is 48.4 cm³/mol. The maximum Gasteiger partial charge on any atom is 0.248 e. The van der Waals surface area contributed by atoms with Gasteiger partial charge in [-0.3, -0.25) is 0 Å². The highest BCUT2D eigenvalue weighted by molar-refractivity contribution is 5.15. The monoisotopic (exact) mass is 198 g/mol. The van der Waals surface area contributed by atoms with Gasteiger partial charge in [-0.25, -0.2) is 9.37 Å². The first kappa shape index (κ1) is 9.52. The van der Waals surface area contributed by atoms with Gasteiger partial charge in [0.2, 0.25) is 5.95 Å². The summed E-state index contributed by atoms with van der Waals surface area (Å²) in [5.41, 5.74) is 6.41. The molecule has 0 spiro atoms. The molecule has 14 heavy (non-hydrogen) atoms. The first-order valence-electron chi connectivity index (χ1n) is 4.73. The van der Waals surface area contributed by atoms with Crippen LogP contribution >= 0.6 is 0 Å². The van der Waals surface area contributed by atoms with Gasteiger partial charge < -0.3 is 5.73 Å². The van der Waals surface area contributed by atoms with Crippen molar-refractivity contribution >= 4 is 0 Å². The molecule has 1 aliphatic carbocycles. The molecule has 76 valence electrons. The quantitative estimate of drug-likeness (QED) is 0.756. The normalized spacial score (nSPS) is 18.2. The number of rotatable bonds is 3. The second-order valence-corrected chi connectivity index (χ2v) is 3.83. The Morgan fingerprint density at radius 3 is 2.79 bits per heavy atom. The summed E-state index contributed by atoms with van der Waals surface area (Å²) in [5, 5.41) is 0. The molecule has 4 heteroatoms. The summed E-state index contributed by atoms with van der Waals surface area (Å²) in [5.74, 6) is -1.32. The SMILES string of the molecule is N[C@@H](CC1CC1)c1cnc(F)c(F)c1. The van der Waals surface area contributed by atoms with Crippen molar-refractivity contribution in [2.24, 2.45) is 11.7 Å². The summed E-state index contributed by atoms with van der Waals surface area (Å²) in [6.07, 6.45) is 4.55. The molecule has 1 saturated carbocycles. The zero-order chi connectivity index (χ0) is 10.1. The number of nitrogens with two attached hydrogens (primary N) is 1. The van der Waals surface area contributed by atoms with E-state index in [9.17, 15) is 8.78 Å². The van der Waals surface area contributed by atoms with Crippen LogP contribution < -0.4 is 5.73 Å². The van der Waals surface area contributed by atoms with Gasteiger partial charge in [-0.2, -0.15) is 4.39 Å². The van der Waals surface area contributed by atoms with Gasteiger partial charge in [0.1, 0.15) is 0 Å². The lowest BCUT2D eigenvalue weighted by atomic mass is 10.0. The van der Waals surface area contributed by atoms with Crippen molar-refractivity contribution in [1.82, 2.24) is 4.98 Å². The molecule has 2 rings (SSSR count). The summed E-state index contributed by atoms with van der Waals surface area (Å²) in [6, 6.07) is 0.917. The number of aromatic nitrogens is 1. The van der Waals surface area contributed by atoms with Gasteiger partial charge in [0.25, 0.3) is 0 Å². The highest BCUT2D eigenvalue weighted by Crippen LogP contribution is 2.36. The van der Waals surface area contributed by atoms with Gasteiger partial charge in [0.15, 0.2) is 5.82 Å². The molecular weight excluding hydrogens is 186 g/mol. The fraction of sp³-hybridized carbons (Fsp3) is 0.500. The lowest BCUT2D eigenvalue weighted by molar-refractivity contribution is 0.473. The Balaban J connectivity index is 2.10. The molecule has 1 atom stereocenters. The van der Waals surface area contributed by atoms with Gasteiger partial charge in [0, 0.05) is 12.2 Å². The fourth-order valence-corrected chi connectivity index (χ4v) is 1.49. The second-order valence-electron chi connectivity index (χ2n) is 3.83. The van der Waals surface area contributed by atoms with E-state index in [0.29, 0.717) is 11.5 Å². The molecular formula is C10H12F2N2.